The minimum Gasteiger partial charge on any atom is -0.423 e. The third kappa shape index (κ3) is 5.84. The fraction of sp³-hybridized carbons (Fsp3) is 0.458. The Balaban J connectivity index is 1.54. The van der Waals surface area contributed by atoms with Gasteiger partial charge in [0.15, 0.2) is 11.6 Å². The van der Waals surface area contributed by atoms with Crippen LogP contribution in [0.2, 0.25) is 0 Å². The van der Waals surface area contributed by atoms with Crippen molar-refractivity contribution in [3.05, 3.63) is 65.0 Å². The number of rotatable bonds is 7. The lowest BCUT2D eigenvalue weighted by atomic mass is 9.78. The van der Waals surface area contributed by atoms with Gasteiger partial charge >= 0.3 is 5.97 Å². The molecule has 156 valence electrons. The molecule has 2 aromatic rings. The topological polar surface area (TPSA) is 26.3 Å². The molecule has 0 spiro atoms. The number of esters is 1. The molecule has 3 rings (SSSR count). The van der Waals surface area contributed by atoms with Gasteiger partial charge in [-0.15, -0.1) is 0 Å². The molecule has 29 heavy (non-hydrogen) atoms. The van der Waals surface area contributed by atoms with E-state index in [9.17, 15) is 18.0 Å². The normalized spacial score (nSPS) is 19.2. The average molecular weight is 404 g/mol. The molecule has 2 nitrogen and oxygen atoms in total. The first-order chi connectivity index (χ1) is 14.0. The quantitative estimate of drug-likeness (QED) is 0.372. The highest BCUT2D eigenvalue weighted by Crippen LogP contribution is 2.34. The Morgan fingerprint density at radius 2 is 1.59 bits per heavy atom. The first kappa shape index (κ1) is 21.4. The van der Waals surface area contributed by atoms with Crippen LogP contribution in [0.25, 0.3) is 0 Å². The molecule has 1 fully saturated rings. The van der Waals surface area contributed by atoms with Crippen LogP contribution in [0.15, 0.2) is 36.4 Å². The van der Waals surface area contributed by atoms with Crippen molar-refractivity contribution in [2.24, 2.45) is 11.8 Å². The maximum atomic E-state index is 14.4. The Bertz CT molecular complexity index is 842. The first-order valence-corrected chi connectivity index (χ1v) is 10.4. The highest BCUT2D eigenvalue weighted by Gasteiger charge is 2.21. The summed E-state index contributed by atoms with van der Waals surface area (Å²) in [5.41, 5.74) is 0.626. The van der Waals surface area contributed by atoms with E-state index in [4.69, 9.17) is 4.74 Å². The Morgan fingerprint density at radius 1 is 0.897 bits per heavy atom. The molecule has 0 aromatic heterocycles. The third-order valence-corrected chi connectivity index (χ3v) is 5.86. The molecular weight excluding hydrogens is 377 g/mol. The van der Waals surface area contributed by atoms with Crippen LogP contribution in [0, 0.1) is 29.3 Å². The summed E-state index contributed by atoms with van der Waals surface area (Å²) in [6.07, 6.45) is 9.44. The minimum absolute atomic E-state index is 0.170. The van der Waals surface area contributed by atoms with Crippen LogP contribution < -0.4 is 4.74 Å². The van der Waals surface area contributed by atoms with Crippen LogP contribution in [0.3, 0.4) is 0 Å². The summed E-state index contributed by atoms with van der Waals surface area (Å²) in [6.45, 7) is 2.23. The van der Waals surface area contributed by atoms with E-state index in [0.717, 1.165) is 42.5 Å². The SMILES string of the molecule is CCC[C@H]1CC[C@H](CCc2ccc(C(=O)Oc3ccc(F)c(F)c3)c(F)c2)CC1. The van der Waals surface area contributed by atoms with Crippen molar-refractivity contribution in [1.82, 2.24) is 0 Å². The molecule has 2 aromatic carbocycles. The molecule has 0 atom stereocenters. The summed E-state index contributed by atoms with van der Waals surface area (Å²) < 4.78 is 45.5. The lowest BCUT2D eigenvalue weighted by molar-refractivity contribution is 0.0729. The van der Waals surface area contributed by atoms with Gasteiger partial charge in [0, 0.05) is 6.07 Å². The minimum atomic E-state index is -1.13. The predicted molar refractivity (Wildman–Crippen MR) is 106 cm³/mol. The molecular formula is C24H27F3O2. The molecule has 5 heteroatoms. The van der Waals surface area contributed by atoms with Gasteiger partial charge in [-0.25, -0.2) is 18.0 Å². The van der Waals surface area contributed by atoms with E-state index >= 15 is 0 Å². The zero-order chi connectivity index (χ0) is 20.8. The number of hydrogen-bond donors (Lipinski definition) is 0. The Morgan fingerprint density at radius 3 is 2.21 bits per heavy atom. The van der Waals surface area contributed by atoms with Crippen molar-refractivity contribution < 1.29 is 22.7 Å². The number of benzene rings is 2. The van der Waals surface area contributed by atoms with Gasteiger partial charge in [0.2, 0.25) is 0 Å². The Hall–Kier alpha value is -2.30. The van der Waals surface area contributed by atoms with Crippen LogP contribution >= 0.6 is 0 Å². The van der Waals surface area contributed by atoms with E-state index in [2.05, 4.69) is 6.92 Å². The molecule has 0 amide bonds. The lowest BCUT2D eigenvalue weighted by Crippen LogP contribution is -2.15. The number of carbonyl (C=O) groups excluding carboxylic acids is 1. The number of aryl methyl sites for hydroxylation is 1. The molecule has 0 unspecified atom stereocenters. The predicted octanol–water partition coefficient (Wildman–Crippen LogP) is 6.86. The van der Waals surface area contributed by atoms with Gasteiger partial charge in [-0.3, -0.25) is 0 Å². The van der Waals surface area contributed by atoms with Crippen molar-refractivity contribution in [2.45, 2.75) is 58.3 Å². The maximum Gasteiger partial charge on any atom is 0.346 e. The molecule has 0 heterocycles. The summed E-state index contributed by atoms with van der Waals surface area (Å²) in [6, 6.07) is 7.23. The molecule has 0 radical (unpaired) electrons. The molecule has 0 N–H and O–H groups in total. The van der Waals surface area contributed by atoms with Crippen LogP contribution in [-0.4, -0.2) is 5.97 Å². The Labute approximate surface area is 170 Å². The van der Waals surface area contributed by atoms with Crippen LogP contribution in [0.5, 0.6) is 5.75 Å². The van der Waals surface area contributed by atoms with E-state index < -0.39 is 23.4 Å². The third-order valence-electron chi connectivity index (χ3n) is 5.86. The van der Waals surface area contributed by atoms with E-state index in [1.807, 2.05) is 0 Å². The highest BCUT2D eigenvalue weighted by molar-refractivity contribution is 5.91. The van der Waals surface area contributed by atoms with Crippen molar-refractivity contribution in [3.8, 4) is 5.75 Å². The monoisotopic (exact) mass is 404 g/mol. The molecule has 0 saturated heterocycles. The summed E-state index contributed by atoms with van der Waals surface area (Å²) >= 11 is 0. The summed E-state index contributed by atoms with van der Waals surface area (Å²) in [4.78, 5) is 12.2. The van der Waals surface area contributed by atoms with Gasteiger partial charge in [-0.05, 0) is 54.5 Å². The zero-order valence-electron chi connectivity index (χ0n) is 16.7. The summed E-state index contributed by atoms with van der Waals surface area (Å²) in [5.74, 6) is -2.39. The van der Waals surface area contributed by atoms with Crippen molar-refractivity contribution >= 4 is 5.97 Å². The fourth-order valence-electron chi connectivity index (χ4n) is 4.17. The van der Waals surface area contributed by atoms with Gasteiger partial charge in [0.25, 0.3) is 0 Å². The zero-order valence-corrected chi connectivity index (χ0v) is 16.7. The number of halogens is 3. The molecule has 0 bridgehead atoms. The van der Waals surface area contributed by atoms with E-state index in [1.54, 1.807) is 6.07 Å². The van der Waals surface area contributed by atoms with Crippen LogP contribution in [0.1, 0.15) is 67.8 Å². The van der Waals surface area contributed by atoms with Crippen molar-refractivity contribution in [3.63, 3.8) is 0 Å². The summed E-state index contributed by atoms with van der Waals surface area (Å²) in [5, 5.41) is 0. The van der Waals surface area contributed by atoms with Gasteiger partial charge in [0.1, 0.15) is 11.6 Å². The van der Waals surface area contributed by atoms with Gasteiger partial charge < -0.3 is 4.74 Å². The first-order valence-electron chi connectivity index (χ1n) is 10.4. The van der Waals surface area contributed by atoms with E-state index in [-0.39, 0.29) is 11.3 Å². The molecule has 1 saturated carbocycles. The largest absolute Gasteiger partial charge is 0.423 e. The second-order valence-corrected chi connectivity index (χ2v) is 7.99. The molecule has 1 aliphatic rings. The second kappa shape index (κ2) is 9.95. The van der Waals surface area contributed by atoms with Crippen molar-refractivity contribution in [2.75, 3.05) is 0 Å². The standard InChI is InChI=1S/C24H27F3O2/c1-2-3-16-4-6-17(7-5-16)8-9-18-10-12-20(22(26)14-18)24(28)29-19-11-13-21(25)23(27)15-19/h10-17H,2-9H2,1H3/t16-,17-. The second-order valence-electron chi connectivity index (χ2n) is 7.99. The number of carbonyl (C=O) groups is 1. The summed E-state index contributed by atoms with van der Waals surface area (Å²) in [7, 11) is 0. The van der Waals surface area contributed by atoms with Gasteiger partial charge in [-0.2, -0.15) is 0 Å². The molecule has 1 aliphatic carbocycles. The van der Waals surface area contributed by atoms with Crippen molar-refractivity contribution in [1.29, 1.82) is 0 Å². The number of ether oxygens (including phenoxy) is 1. The highest BCUT2D eigenvalue weighted by atomic mass is 19.2. The maximum absolute atomic E-state index is 14.4. The van der Waals surface area contributed by atoms with Crippen LogP contribution in [0.4, 0.5) is 13.2 Å². The number of hydrogen-bond acceptors (Lipinski definition) is 2. The van der Waals surface area contributed by atoms with Gasteiger partial charge in [0.05, 0.1) is 5.56 Å². The van der Waals surface area contributed by atoms with E-state index in [1.165, 1.54) is 50.7 Å². The lowest BCUT2D eigenvalue weighted by Gasteiger charge is -2.28. The van der Waals surface area contributed by atoms with Crippen LogP contribution in [-0.2, 0) is 6.42 Å². The van der Waals surface area contributed by atoms with E-state index in [0.29, 0.717) is 5.92 Å². The average Bonchev–Trinajstić information content (AvgIpc) is 2.70. The fourth-order valence-corrected chi connectivity index (χ4v) is 4.17. The van der Waals surface area contributed by atoms with Gasteiger partial charge in [-0.1, -0.05) is 51.5 Å². The Kier molecular flexibility index (Phi) is 7.34. The smallest absolute Gasteiger partial charge is 0.346 e. The molecule has 0 aliphatic heterocycles.